The molecule has 2 aliphatic rings. The van der Waals surface area contributed by atoms with Crippen molar-refractivity contribution in [1.82, 2.24) is 15.3 Å². The Morgan fingerprint density at radius 1 is 1.07 bits per heavy atom. The standard InChI is InChI=1S/C20H22N2O.C5H11NO/c1-14-11-16-12-15(9-10-20(16)21-14)19-8-4-5-17(22-19)13-23-18-6-2-3-7-18;7-4-5-2-1-3-6-5/h4-5,8-12,18,21H,2-3,6-7,13H2,1H3;5-7H,1-4H2. The maximum absolute atomic E-state index is 8.50. The van der Waals surface area contributed by atoms with Gasteiger partial charge in [-0.2, -0.15) is 0 Å². The van der Waals surface area contributed by atoms with E-state index in [2.05, 4.69) is 59.7 Å². The van der Waals surface area contributed by atoms with Gasteiger partial charge >= 0.3 is 0 Å². The van der Waals surface area contributed by atoms with Gasteiger partial charge in [0.25, 0.3) is 0 Å². The lowest BCUT2D eigenvalue weighted by Gasteiger charge is -2.11. The maximum Gasteiger partial charge on any atom is 0.0891 e. The molecule has 2 aromatic heterocycles. The van der Waals surface area contributed by atoms with Crippen LogP contribution in [0.2, 0.25) is 0 Å². The van der Waals surface area contributed by atoms with Gasteiger partial charge in [0.05, 0.1) is 30.7 Å². The Kier molecular flexibility index (Phi) is 7.16. The van der Waals surface area contributed by atoms with Crippen LogP contribution in [0.3, 0.4) is 0 Å². The SMILES string of the molecule is Cc1cc2cc(-c3cccc(COC4CCCC4)n3)ccc2[nH]1.OCC1CCCN1. The van der Waals surface area contributed by atoms with Crippen LogP contribution in [-0.4, -0.2) is 40.4 Å². The Morgan fingerprint density at radius 2 is 1.93 bits per heavy atom. The lowest BCUT2D eigenvalue weighted by atomic mass is 10.1. The normalized spacial score (nSPS) is 19.2. The number of pyridine rings is 1. The van der Waals surface area contributed by atoms with Gasteiger partial charge in [0.2, 0.25) is 0 Å². The third-order valence-electron chi connectivity index (χ3n) is 6.01. The average molecular weight is 408 g/mol. The lowest BCUT2D eigenvalue weighted by molar-refractivity contribution is 0.0438. The Labute approximate surface area is 178 Å². The largest absolute Gasteiger partial charge is 0.395 e. The first-order chi connectivity index (χ1) is 14.7. The predicted octanol–water partition coefficient (Wildman–Crippen LogP) is 4.73. The molecule has 3 aromatic rings. The number of rotatable bonds is 5. The molecule has 0 radical (unpaired) electrons. The number of nitrogens with zero attached hydrogens (tertiary/aromatic N) is 1. The molecule has 160 valence electrons. The molecule has 1 unspecified atom stereocenters. The summed E-state index contributed by atoms with van der Waals surface area (Å²) < 4.78 is 5.99. The van der Waals surface area contributed by atoms with Gasteiger partial charge in [-0.3, -0.25) is 4.98 Å². The van der Waals surface area contributed by atoms with E-state index in [4.69, 9.17) is 14.8 Å². The van der Waals surface area contributed by atoms with E-state index in [-0.39, 0.29) is 0 Å². The van der Waals surface area contributed by atoms with Crippen molar-refractivity contribution in [3.05, 3.63) is 53.9 Å². The first kappa shape index (κ1) is 21.0. The van der Waals surface area contributed by atoms with Gasteiger partial charge in [-0.15, -0.1) is 0 Å². The number of aromatic nitrogens is 2. The summed E-state index contributed by atoms with van der Waals surface area (Å²) in [5, 5.41) is 12.9. The molecule has 1 atom stereocenters. The van der Waals surface area contributed by atoms with Crippen LogP contribution in [0, 0.1) is 6.92 Å². The Morgan fingerprint density at radius 3 is 2.67 bits per heavy atom. The number of hydrogen-bond acceptors (Lipinski definition) is 4. The van der Waals surface area contributed by atoms with Gasteiger partial charge in [0, 0.05) is 28.2 Å². The molecule has 1 saturated heterocycles. The molecule has 1 aliphatic heterocycles. The topological polar surface area (TPSA) is 70.2 Å². The molecule has 1 aromatic carbocycles. The second-order valence-corrected chi connectivity index (χ2v) is 8.46. The number of benzene rings is 1. The van der Waals surface area contributed by atoms with Crippen LogP contribution in [0.4, 0.5) is 0 Å². The quantitative estimate of drug-likeness (QED) is 0.572. The van der Waals surface area contributed by atoms with Crippen molar-refractivity contribution >= 4 is 10.9 Å². The van der Waals surface area contributed by atoms with Crippen molar-refractivity contribution in [2.45, 2.75) is 64.2 Å². The fourth-order valence-corrected chi connectivity index (χ4v) is 4.33. The number of ether oxygens (including phenoxy) is 1. The first-order valence-electron chi connectivity index (χ1n) is 11.2. The molecule has 1 saturated carbocycles. The molecule has 3 N–H and O–H groups in total. The van der Waals surface area contributed by atoms with E-state index in [1.165, 1.54) is 48.7 Å². The molecule has 5 heteroatoms. The monoisotopic (exact) mass is 407 g/mol. The zero-order chi connectivity index (χ0) is 20.8. The summed E-state index contributed by atoms with van der Waals surface area (Å²) >= 11 is 0. The minimum Gasteiger partial charge on any atom is -0.395 e. The summed E-state index contributed by atoms with van der Waals surface area (Å²) in [4.78, 5) is 8.14. The minimum absolute atomic E-state index is 0.306. The Hall–Kier alpha value is -2.21. The van der Waals surface area contributed by atoms with Crippen molar-refractivity contribution in [1.29, 1.82) is 0 Å². The summed E-state index contributed by atoms with van der Waals surface area (Å²) in [6.45, 7) is 4.09. The van der Waals surface area contributed by atoms with Gasteiger partial charge in [0.1, 0.15) is 0 Å². The third kappa shape index (κ3) is 5.48. The number of H-pyrrole nitrogens is 1. The smallest absolute Gasteiger partial charge is 0.0891 e. The molecule has 0 spiro atoms. The highest BCUT2D eigenvalue weighted by atomic mass is 16.5. The Bertz CT molecular complexity index is 940. The maximum atomic E-state index is 8.50. The number of aromatic amines is 1. The van der Waals surface area contributed by atoms with Crippen molar-refractivity contribution in [2.24, 2.45) is 0 Å². The van der Waals surface area contributed by atoms with Crippen LogP contribution in [0.15, 0.2) is 42.5 Å². The van der Waals surface area contributed by atoms with E-state index < -0.39 is 0 Å². The van der Waals surface area contributed by atoms with Crippen molar-refractivity contribution < 1.29 is 9.84 Å². The first-order valence-corrected chi connectivity index (χ1v) is 11.2. The van der Waals surface area contributed by atoms with Crippen molar-refractivity contribution in [3.63, 3.8) is 0 Å². The summed E-state index contributed by atoms with van der Waals surface area (Å²) in [5.41, 5.74) is 5.54. The van der Waals surface area contributed by atoms with Gasteiger partial charge in [0.15, 0.2) is 0 Å². The van der Waals surface area contributed by atoms with Crippen LogP contribution in [0.5, 0.6) is 0 Å². The van der Waals surface area contributed by atoms with Gasteiger partial charge < -0.3 is 20.1 Å². The molecule has 0 amide bonds. The molecular formula is C25H33N3O2. The summed E-state index contributed by atoms with van der Waals surface area (Å²) in [6.07, 6.45) is 7.80. The molecule has 2 fully saturated rings. The Balaban J connectivity index is 0.000000265. The molecule has 30 heavy (non-hydrogen) atoms. The number of aryl methyl sites for hydroxylation is 1. The highest BCUT2D eigenvalue weighted by Gasteiger charge is 2.15. The second-order valence-electron chi connectivity index (χ2n) is 8.46. The number of fused-ring (bicyclic) bond motifs is 1. The van der Waals surface area contributed by atoms with E-state index in [0.717, 1.165) is 29.9 Å². The molecule has 1 aliphatic carbocycles. The fraction of sp³-hybridized carbons (Fsp3) is 0.480. The van der Waals surface area contributed by atoms with Crippen molar-refractivity contribution in [2.75, 3.05) is 13.2 Å². The van der Waals surface area contributed by atoms with Crippen LogP contribution in [0.25, 0.3) is 22.2 Å². The summed E-state index contributed by atoms with van der Waals surface area (Å²) in [6, 6.07) is 15.2. The highest BCUT2D eigenvalue weighted by Crippen LogP contribution is 2.25. The predicted molar refractivity (Wildman–Crippen MR) is 121 cm³/mol. The van der Waals surface area contributed by atoms with Crippen LogP contribution < -0.4 is 5.32 Å². The lowest BCUT2D eigenvalue weighted by Crippen LogP contribution is -2.24. The molecular weight excluding hydrogens is 374 g/mol. The zero-order valence-corrected chi connectivity index (χ0v) is 17.9. The average Bonchev–Trinajstić information content (AvgIpc) is 3.53. The third-order valence-corrected chi connectivity index (χ3v) is 6.01. The van der Waals surface area contributed by atoms with E-state index >= 15 is 0 Å². The number of aliphatic hydroxyl groups is 1. The number of aliphatic hydroxyl groups excluding tert-OH is 1. The van der Waals surface area contributed by atoms with Gasteiger partial charge in [-0.05, 0) is 69.5 Å². The molecule has 0 bridgehead atoms. The summed E-state index contributed by atoms with van der Waals surface area (Å²) in [5.74, 6) is 0. The molecule has 5 nitrogen and oxygen atoms in total. The minimum atomic E-state index is 0.306. The van der Waals surface area contributed by atoms with E-state index in [9.17, 15) is 0 Å². The molecule has 5 rings (SSSR count). The number of nitrogens with one attached hydrogen (secondary N) is 2. The number of hydrogen-bond donors (Lipinski definition) is 3. The van der Waals surface area contributed by atoms with Crippen LogP contribution in [-0.2, 0) is 11.3 Å². The van der Waals surface area contributed by atoms with E-state index in [1.807, 2.05) is 0 Å². The van der Waals surface area contributed by atoms with Crippen LogP contribution >= 0.6 is 0 Å². The summed E-state index contributed by atoms with van der Waals surface area (Å²) in [7, 11) is 0. The van der Waals surface area contributed by atoms with E-state index in [0.29, 0.717) is 25.4 Å². The molecule has 3 heterocycles. The van der Waals surface area contributed by atoms with Crippen molar-refractivity contribution in [3.8, 4) is 11.3 Å². The van der Waals surface area contributed by atoms with E-state index in [1.54, 1.807) is 0 Å². The van der Waals surface area contributed by atoms with Crippen LogP contribution in [0.1, 0.15) is 49.9 Å². The highest BCUT2D eigenvalue weighted by molar-refractivity contribution is 5.85. The second kappa shape index (κ2) is 10.2. The zero-order valence-electron chi connectivity index (χ0n) is 17.9. The fourth-order valence-electron chi connectivity index (χ4n) is 4.33. The van der Waals surface area contributed by atoms with Gasteiger partial charge in [-0.1, -0.05) is 25.0 Å². The van der Waals surface area contributed by atoms with Gasteiger partial charge in [-0.25, -0.2) is 0 Å².